The van der Waals surface area contributed by atoms with Crippen molar-refractivity contribution < 1.29 is 0 Å². The Morgan fingerprint density at radius 2 is 1.91 bits per heavy atom. The van der Waals surface area contributed by atoms with Crippen LogP contribution in [0, 0.1) is 0 Å². The van der Waals surface area contributed by atoms with Crippen molar-refractivity contribution in [1.82, 2.24) is 20.1 Å². The van der Waals surface area contributed by atoms with Crippen LogP contribution >= 0.6 is 0 Å². The van der Waals surface area contributed by atoms with E-state index in [9.17, 15) is 0 Å². The van der Waals surface area contributed by atoms with Crippen molar-refractivity contribution in [3.05, 3.63) is 79.0 Å². The van der Waals surface area contributed by atoms with Crippen LogP contribution in [0.3, 0.4) is 0 Å². The first kappa shape index (κ1) is 14.8. The Hall–Kier alpha value is -3.08. The lowest BCUT2D eigenvalue weighted by atomic mass is 10.2. The first-order valence-electron chi connectivity index (χ1n) is 7.39. The van der Waals surface area contributed by atoms with Gasteiger partial charge >= 0.3 is 0 Å². The lowest BCUT2D eigenvalue weighted by Crippen LogP contribution is -2.18. The topological polar surface area (TPSA) is 54.8 Å². The summed E-state index contributed by atoms with van der Waals surface area (Å²) in [5.74, 6) is 1.47. The zero-order valence-electron chi connectivity index (χ0n) is 13.0. The van der Waals surface area contributed by atoms with Crippen LogP contribution in [0.15, 0.2) is 73.5 Å². The number of pyridine rings is 1. The molecule has 5 heteroatoms. The van der Waals surface area contributed by atoms with Crippen LogP contribution in [0.2, 0.25) is 0 Å². The number of nitrogens with one attached hydrogen (secondary N) is 2. The number of aryl methyl sites for hydroxylation is 1. The molecule has 0 aliphatic heterocycles. The molecular formula is C18H19N5. The van der Waals surface area contributed by atoms with Crippen LogP contribution in [0.5, 0.6) is 0 Å². The summed E-state index contributed by atoms with van der Waals surface area (Å²) in [4.78, 5) is 4.41. The molecule has 3 aromatic rings. The van der Waals surface area contributed by atoms with Gasteiger partial charge in [0.25, 0.3) is 0 Å². The summed E-state index contributed by atoms with van der Waals surface area (Å²) < 4.78 is 1.77. The Balaban J connectivity index is 1.56. The minimum atomic E-state index is 0.718. The highest BCUT2D eigenvalue weighted by Gasteiger charge is 2.02. The van der Waals surface area contributed by atoms with Crippen molar-refractivity contribution in [3.63, 3.8) is 0 Å². The number of benzene rings is 1. The zero-order valence-corrected chi connectivity index (χ0v) is 13.0. The first-order valence-corrected chi connectivity index (χ1v) is 7.39. The van der Waals surface area contributed by atoms with Gasteiger partial charge in [-0.1, -0.05) is 36.9 Å². The van der Waals surface area contributed by atoms with E-state index in [0.717, 1.165) is 29.3 Å². The van der Waals surface area contributed by atoms with Crippen molar-refractivity contribution >= 4 is 5.82 Å². The van der Waals surface area contributed by atoms with E-state index in [2.05, 4.69) is 39.4 Å². The van der Waals surface area contributed by atoms with Crippen molar-refractivity contribution in [3.8, 4) is 11.1 Å². The molecule has 3 rings (SSSR count). The fourth-order valence-electron chi connectivity index (χ4n) is 2.21. The molecule has 23 heavy (non-hydrogen) atoms. The quantitative estimate of drug-likeness (QED) is 0.734. The minimum Gasteiger partial charge on any atom is -0.368 e. The molecule has 2 N–H and O–H groups in total. The van der Waals surface area contributed by atoms with Gasteiger partial charge in [0.1, 0.15) is 5.82 Å². The van der Waals surface area contributed by atoms with Gasteiger partial charge in [0.2, 0.25) is 0 Å². The predicted molar refractivity (Wildman–Crippen MR) is 92.5 cm³/mol. The van der Waals surface area contributed by atoms with Gasteiger partial charge in [-0.3, -0.25) is 4.68 Å². The number of anilines is 1. The highest BCUT2D eigenvalue weighted by molar-refractivity contribution is 5.62. The largest absolute Gasteiger partial charge is 0.368 e. The fourth-order valence-corrected chi connectivity index (χ4v) is 2.21. The first-order chi connectivity index (χ1) is 11.2. The molecule has 0 unspecified atom stereocenters. The molecule has 116 valence electrons. The molecule has 0 radical (unpaired) electrons. The monoisotopic (exact) mass is 305 g/mol. The van der Waals surface area contributed by atoms with E-state index >= 15 is 0 Å². The van der Waals surface area contributed by atoms with Gasteiger partial charge < -0.3 is 10.6 Å². The van der Waals surface area contributed by atoms with Crippen LogP contribution in [0.4, 0.5) is 5.82 Å². The van der Waals surface area contributed by atoms with Crippen LogP contribution < -0.4 is 10.6 Å². The molecular weight excluding hydrogens is 286 g/mol. The standard InChI is InChI=1S/C18H19N5/c1-14(19-10-15-6-4-3-5-7-15)22-18-9-8-16(11-20-18)17-12-21-23(2)13-17/h3-9,11-13,19H,1,10H2,2H3,(H,20,22). The third-order valence-electron chi connectivity index (χ3n) is 3.43. The maximum atomic E-state index is 4.41. The molecule has 0 aliphatic carbocycles. The van der Waals surface area contributed by atoms with Crippen molar-refractivity contribution in [2.75, 3.05) is 5.32 Å². The molecule has 0 fully saturated rings. The Labute approximate surface area is 135 Å². The summed E-state index contributed by atoms with van der Waals surface area (Å²) in [7, 11) is 1.90. The normalized spacial score (nSPS) is 10.3. The predicted octanol–water partition coefficient (Wildman–Crippen LogP) is 3.16. The van der Waals surface area contributed by atoms with Gasteiger partial charge in [-0.25, -0.2) is 4.98 Å². The molecule has 0 amide bonds. The summed E-state index contributed by atoms with van der Waals surface area (Å²) >= 11 is 0. The van der Waals surface area contributed by atoms with Gasteiger partial charge in [-0.2, -0.15) is 5.10 Å². The summed E-state index contributed by atoms with van der Waals surface area (Å²) in [5.41, 5.74) is 3.29. The summed E-state index contributed by atoms with van der Waals surface area (Å²) in [6.07, 6.45) is 5.61. The number of nitrogens with zero attached hydrogens (tertiary/aromatic N) is 3. The van der Waals surface area contributed by atoms with Crippen molar-refractivity contribution in [2.45, 2.75) is 6.54 Å². The average Bonchev–Trinajstić information content (AvgIpc) is 3.01. The molecule has 0 atom stereocenters. The van der Waals surface area contributed by atoms with Crippen LogP contribution in [-0.4, -0.2) is 14.8 Å². The highest BCUT2D eigenvalue weighted by Crippen LogP contribution is 2.18. The second-order valence-electron chi connectivity index (χ2n) is 5.28. The van der Waals surface area contributed by atoms with Crippen molar-refractivity contribution in [1.29, 1.82) is 0 Å². The third kappa shape index (κ3) is 3.97. The van der Waals surface area contributed by atoms with Crippen LogP contribution in [0.25, 0.3) is 11.1 Å². The Morgan fingerprint density at radius 1 is 1.09 bits per heavy atom. The van der Waals surface area contributed by atoms with Gasteiger partial charge in [-0.05, 0) is 17.7 Å². The van der Waals surface area contributed by atoms with E-state index < -0.39 is 0 Å². The fraction of sp³-hybridized carbons (Fsp3) is 0.111. The number of hydrogen-bond acceptors (Lipinski definition) is 4. The summed E-state index contributed by atoms with van der Waals surface area (Å²) in [5, 5.41) is 10.6. The van der Waals surface area contributed by atoms with E-state index in [1.165, 1.54) is 5.56 Å². The molecule has 1 aromatic carbocycles. The van der Waals surface area contributed by atoms with Gasteiger partial charge in [-0.15, -0.1) is 0 Å². The minimum absolute atomic E-state index is 0.718. The molecule has 0 bridgehead atoms. The molecule has 0 saturated carbocycles. The van der Waals surface area contributed by atoms with Crippen LogP contribution in [0.1, 0.15) is 5.56 Å². The zero-order chi connectivity index (χ0) is 16.1. The Bertz CT molecular complexity index is 775. The highest BCUT2D eigenvalue weighted by atomic mass is 15.2. The number of hydrogen-bond donors (Lipinski definition) is 2. The Morgan fingerprint density at radius 3 is 2.57 bits per heavy atom. The van der Waals surface area contributed by atoms with Crippen molar-refractivity contribution in [2.24, 2.45) is 7.05 Å². The van der Waals surface area contributed by atoms with E-state index in [0.29, 0.717) is 0 Å². The summed E-state index contributed by atoms with van der Waals surface area (Å²) in [6, 6.07) is 14.1. The van der Waals surface area contributed by atoms with E-state index in [1.807, 2.05) is 56.0 Å². The number of rotatable bonds is 6. The average molecular weight is 305 g/mol. The van der Waals surface area contributed by atoms with Gasteiger partial charge in [0, 0.05) is 37.1 Å². The molecule has 2 heterocycles. The third-order valence-corrected chi connectivity index (χ3v) is 3.43. The Kier molecular flexibility index (Phi) is 4.38. The van der Waals surface area contributed by atoms with E-state index in [4.69, 9.17) is 0 Å². The van der Waals surface area contributed by atoms with E-state index in [1.54, 1.807) is 4.68 Å². The maximum Gasteiger partial charge on any atom is 0.131 e. The summed E-state index contributed by atoms with van der Waals surface area (Å²) in [6.45, 7) is 4.70. The molecule has 0 aliphatic rings. The maximum absolute atomic E-state index is 4.41. The number of aromatic nitrogens is 3. The lowest BCUT2D eigenvalue weighted by molar-refractivity contribution is 0.768. The van der Waals surface area contributed by atoms with Gasteiger partial charge in [0.05, 0.1) is 12.0 Å². The second-order valence-corrected chi connectivity index (χ2v) is 5.28. The smallest absolute Gasteiger partial charge is 0.131 e. The molecule has 5 nitrogen and oxygen atoms in total. The van der Waals surface area contributed by atoms with E-state index in [-0.39, 0.29) is 0 Å². The second kappa shape index (κ2) is 6.79. The SMILES string of the molecule is C=C(NCc1ccccc1)Nc1ccc(-c2cnn(C)c2)cn1. The lowest BCUT2D eigenvalue weighted by Gasteiger charge is -2.11. The molecule has 0 saturated heterocycles. The molecule has 0 spiro atoms. The molecule has 2 aromatic heterocycles. The van der Waals surface area contributed by atoms with Gasteiger partial charge in [0.15, 0.2) is 0 Å². The van der Waals surface area contributed by atoms with Crippen LogP contribution in [-0.2, 0) is 13.6 Å².